The van der Waals surface area contributed by atoms with Crippen LogP contribution in [0, 0.1) is 17.2 Å². The molecule has 0 aromatic heterocycles. The second-order valence-corrected chi connectivity index (χ2v) is 8.65. The first-order valence-electron chi connectivity index (χ1n) is 7.93. The van der Waals surface area contributed by atoms with Crippen LogP contribution in [0.4, 0.5) is 0 Å². The van der Waals surface area contributed by atoms with Crippen LogP contribution in [0.25, 0.3) is 0 Å². The van der Waals surface area contributed by atoms with Gasteiger partial charge in [0.15, 0.2) is 16.4 Å². The predicted octanol–water partition coefficient (Wildman–Crippen LogP) is 1.61. The second-order valence-electron chi connectivity index (χ2n) is 6.42. The molecule has 0 aliphatic carbocycles. The van der Waals surface area contributed by atoms with Crippen LogP contribution in [0.2, 0.25) is 0 Å². The molecule has 1 atom stereocenters. The first kappa shape index (κ1) is 18.3. The third kappa shape index (κ3) is 4.96. The van der Waals surface area contributed by atoms with Crippen LogP contribution in [0.15, 0.2) is 24.3 Å². The fourth-order valence-electron chi connectivity index (χ4n) is 2.72. The van der Waals surface area contributed by atoms with Gasteiger partial charge in [0.1, 0.15) is 5.75 Å². The van der Waals surface area contributed by atoms with Crippen LogP contribution in [-0.2, 0) is 14.6 Å². The topological polar surface area (TPSA) is 87.5 Å². The number of nitriles is 1. The standard InChI is InChI=1S/C17H22N2O4S/c1-13(2)10-19(15-7-8-24(21,22)12-15)17(20)11-23-16-5-3-14(9-18)4-6-16/h3-6,13,15H,7-8,10-12H2,1-2H3/t15-/m0/s1. The first-order chi connectivity index (χ1) is 11.3. The number of sulfone groups is 1. The Kier molecular flexibility index (Phi) is 5.84. The molecule has 0 spiro atoms. The molecule has 0 N–H and O–H groups in total. The lowest BCUT2D eigenvalue weighted by atomic mass is 10.1. The summed E-state index contributed by atoms with van der Waals surface area (Å²) in [4.78, 5) is 14.2. The van der Waals surface area contributed by atoms with Gasteiger partial charge in [0.2, 0.25) is 0 Å². The van der Waals surface area contributed by atoms with Crippen molar-refractivity contribution in [2.75, 3.05) is 24.7 Å². The molecular weight excluding hydrogens is 328 g/mol. The SMILES string of the molecule is CC(C)CN(C(=O)COc1ccc(C#N)cc1)[C@H]1CCS(=O)(=O)C1. The fraction of sp³-hybridized carbons (Fsp3) is 0.529. The minimum atomic E-state index is -3.05. The number of hydrogen-bond donors (Lipinski definition) is 0. The van der Waals surface area contributed by atoms with E-state index >= 15 is 0 Å². The van der Waals surface area contributed by atoms with Crippen molar-refractivity contribution < 1.29 is 17.9 Å². The van der Waals surface area contributed by atoms with E-state index < -0.39 is 9.84 Å². The lowest BCUT2D eigenvalue weighted by Gasteiger charge is -2.29. The van der Waals surface area contributed by atoms with Crippen molar-refractivity contribution in [3.05, 3.63) is 29.8 Å². The van der Waals surface area contributed by atoms with E-state index in [0.29, 0.717) is 24.3 Å². The number of rotatable bonds is 6. The average Bonchev–Trinajstić information content (AvgIpc) is 2.90. The van der Waals surface area contributed by atoms with Gasteiger partial charge < -0.3 is 9.64 Å². The molecular formula is C17H22N2O4S. The molecule has 1 heterocycles. The Morgan fingerprint density at radius 1 is 1.38 bits per heavy atom. The van der Waals surface area contributed by atoms with Crippen LogP contribution in [0.1, 0.15) is 25.8 Å². The molecule has 0 radical (unpaired) electrons. The summed E-state index contributed by atoms with van der Waals surface area (Å²) in [6.45, 7) is 4.35. The van der Waals surface area contributed by atoms with Crippen molar-refractivity contribution in [2.45, 2.75) is 26.3 Å². The molecule has 24 heavy (non-hydrogen) atoms. The van der Waals surface area contributed by atoms with Crippen LogP contribution in [0.3, 0.4) is 0 Å². The summed E-state index contributed by atoms with van der Waals surface area (Å²) >= 11 is 0. The normalized spacial score (nSPS) is 19.0. The van der Waals surface area contributed by atoms with Gasteiger partial charge in [0.25, 0.3) is 5.91 Å². The van der Waals surface area contributed by atoms with Crippen molar-refractivity contribution in [3.63, 3.8) is 0 Å². The molecule has 1 aromatic rings. The molecule has 7 heteroatoms. The van der Waals surface area contributed by atoms with E-state index in [4.69, 9.17) is 10.00 Å². The van der Waals surface area contributed by atoms with Crippen LogP contribution in [0.5, 0.6) is 5.75 Å². The molecule has 1 aromatic carbocycles. The Morgan fingerprint density at radius 2 is 2.04 bits per heavy atom. The van der Waals surface area contributed by atoms with Crippen LogP contribution >= 0.6 is 0 Å². The van der Waals surface area contributed by atoms with Gasteiger partial charge >= 0.3 is 0 Å². The molecule has 130 valence electrons. The zero-order chi connectivity index (χ0) is 17.7. The molecule has 2 rings (SSSR count). The van der Waals surface area contributed by atoms with Gasteiger partial charge in [-0.1, -0.05) is 13.8 Å². The van der Waals surface area contributed by atoms with E-state index in [1.165, 1.54) is 0 Å². The summed E-state index contributed by atoms with van der Waals surface area (Å²) in [6, 6.07) is 8.26. The van der Waals surface area contributed by atoms with Crippen LogP contribution < -0.4 is 4.74 Å². The summed E-state index contributed by atoms with van der Waals surface area (Å²) < 4.78 is 28.9. The number of carbonyl (C=O) groups is 1. The number of carbonyl (C=O) groups excluding carboxylic acids is 1. The van der Waals surface area contributed by atoms with E-state index in [1.54, 1.807) is 29.2 Å². The first-order valence-corrected chi connectivity index (χ1v) is 9.75. The highest BCUT2D eigenvalue weighted by Gasteiger charge is 2.34. The highest BCUT2D eigenvalue weighted by Crippen LogP contribution is 2.20. The Labute approximate surface area is 142 Å². The average molecular weight is 350 g/mol. The van der Waals surface area contributed by atoms with Crippen LogP contribution in [-0.4, -0.2) is 49.9 Å². The van der Waals surface area contributed by atoms with E-state index in [-0.39, 0.29) is 36.0 Å². The molecule has 0 bridgehead atoms. The Morgan fingerprint density at radius 3 is 2.54 bits per heavy atom. The van der Waals surface area contributed by atoms with Gasteiger partial charge in [-0.05, 0) is 36.6 Å². The third-order valence-corrected chi connectivity index (χ3v) is 5.63. The molecule has 1 amide bonds. The quantitative estimate of drug-likeness (QED) is 0.778. The van der Waals surface area contributed by atoms with E-state index in [0.717, 1.165) is 0 Å². The predicted molar refractivity (Wildman–Crippen MR) is 90.3 cm³/mol. The summed E-state index contributed by atoms with van der Waals surface area (Å²) in [6.07, 6.45) is 0.484. The summed E-state index contributed by atoms with van der Waals surface area (Å²) in [5.41, 5.74) is 0.520. The molecule has 6 nitrogen and oxygen atoms in total. The van der Waals surface area contributed by atoms with Crippen molar-refractivity contribution >= 4 is 15.7 Å². The molecule has 0 saturated carbocycles. The zero-order valence-corrected chi connectivity index (χ0v) is 14.8. The smallest absolute Gasteiger partial charge is 0.260 e. The lowest BCUT2D eigenvalue weighted by molar-refractivity contribution is -0.135. The maximum absolute atomic E-state index is 12.5. The number of amides is 1. The van der Waals surface area contributed by atoms with Gasteiger partial charge in [0.05, 0.1) is 23.1 Å². The fourth-order valence-corrected chi connectivity index (χ4v) is 4.45. The number of hydrogen-bond acceptors (Lipinski definition) is 5. The highest BCUT2D eigenvalue weighted by molar-refractivity contribution is 7.91. The monoisotopic (exact) mass is 350 g/mol. The summed E-state index contributed by atoms with van der Waals surface area (Å²) in [5, 5.41) is 8.77. The number of ether oxygens (including phenoxy) is 1. The Bertz CT molecular complexity index is 720. The van der Waals surface area contributed by atoms with E-state index in [9.17, 15) is 13.2 Å². The summed E-state index contributed by atoms with van der Waals surface area (Å²) in [5.74, 6) is 0.700. The highest BCUT2D eigenvalue weighted by atomic mass is 32.2. The van der Waals surface area contributed by atoms with Gasteiger partial charge in [-0.15, -0.1) is 0 Å². The minimum Gasteiger partial charge on any atom is -0.484 e. The Hall–Kier alpha value is -2.07. The van der Waals surface area contributed by atoms with Gasteiger partial charge in [-0.25, -0.2) is 8.42 Å². The van der Waals surface area contributed by atoms with E-state index in [2.05, 4.69) is 0 Å². The second kappa shape index (κ2) is 7.67. The maximum Gasteiger partial charge on any atom is 0.260 e. The molecule has 1 saturated heterocycles. The van der Waals surface area contributed by atoms with Gasteiger partial charge in [-0.3, -0.25) is 4.79 Å². The molecule has 1 fully saturated rings. The molecule has 0 unspecified atom stereocenters. The van der Waals surface area contributed by atoms with Gasteiger partial charge in [-0.2, -0.15) is 5.26 Å². The maximum atomic E-state index is 12.5. The van der Waals surface area contributed by atoms with Gasteiger partial charge in [0, 0.05) is 12.6 Å². The minimum absolute atomic E-state index is 0.0301. The van der Waals surface area contributed by atoms with E-state index in [1.807, 2.05) is 19.9 Å². The third-order valence-electron chi connectivity index (χ3n) is 3.88. The zero-order valence-electron chi connectivity index (χ0n) is 13.9. The summed E-state index contributed by atoms with van der Waals surface area (Å²) in [7, 11) is -3.05. The number of benzene rings is 1. The molecule has 1 aliphatic heterocycles. The largest absolute Gasteiger partial charge is 0.484 e. The lowest BCUT2D eigenvalue weighted by Crippen LogP contribution is -2.45. The molecule has 1 aliphatic rings. The van der Waals surface area contributed by atoms with Crippen molar-refractivity contribution in [2.24, 2.45) is 5.92 Å². The van der Waals surface area contributed by atoms with Crippen molar-refractivity contribution in [3.8, 4) is 11.8 Å². The van der Waals surface area contributed by atoms with Crippen molar-refractivity contribution in [1.29, 1.82) is 5.26 Å². The number of nitrogens with zero attached hydrogens (tertiary/aromatic N) is 2. The van der Waals surface area contributed by atoms with Crippen molar-refractivity contribution in [1.82, 2.24) is 4.90 Å². The Balaban J connectivity index is 2.00.